The Morgan fingerprint density at radius 3 is 2.04 bits per heavy atom. The maximum Gasteiger partial charge on any atom is 0.127 e. The van der Waals surface area contributed by atoms with Gasteiger partial charge in [-0.15, -0.1) is 0 Å². The van der Waals surface area contributed by atoms with Crippen LogP contribution in [0.1, 0.15) is 32.6 Å². The molecular formula is C26H26O2. The van der Waals surface area contributed by atoms with E-state index in [0.29, 0.717) is 6.61 Å². The van der Waals surface area contributed by atoms with Crippen LogP contribution in [0.5, 0.6) is 11.5 Å². The van der Waals surface area contributed by atoms with Crippen LogP contribution in [-0.2, 0) is 0 Å². The number of phenolic OH excluding ortho intramolecular Hbond substituents is 1. The first-order valence-corrected chi connectivity index (χ1v) is 10.1. The number of phenols is 1. The molecule has 2 heteroatoms. The second-order valence-corrected chi connectivity index (χ2v) is 7.25. The van der Waals surface area contributed by atoms with Crippen molar-refractivity contribution in [2.75, 3.05) is 6.61 Å². The van der Waals surface area contributed by atoms with Crippen molar-refractivity contribution < 1.29 is 9.84 Å². The summed E-state index contributed by atoms with van der Waals surface area (Å²) < 4.78 is 6.24. The highest BCUT2D eigenvalue weighted by Gasteiger charge is 2.17. The highest BCUT2D eigenvalue weighted by atomic mass is 16.5. The van der Waals surface area contributed by atoms with Crippen LogP contribution in [0, 0.1) is 0 Å². The van der Waals surface area contributed by atoms with E-state index in [1.165, 1.54) is 19.3 Å². The molecule has 0 unspecified atom stereocenters. The van der Waals surface area contributed by atoms with Gasteiger partial charge in [0.1, 0.15) is 11.5 Å². The summed E-state index contributed by atoms with van der Waals surface area (Å²) in [5.74, 6) is 1.12. The number of rotatable bonds is 7. The van der Waals surface area contributed by atoms with Crippen LogP contribution in [0.25, 0.3) is 32.7 Å². The molecule has 0 aliphatic heterocycles. The molecule has 0 aliphatic carbocycles. The molecule has 0 fully saturated rings. The van der Waals surface area contributed by atoms with Gasteiger partial charge >= 0.3 is 0 Å². The molecule has 0 atom stereocenters. The minimum Gasteiger partial charge on any atom is -0.507 e. The molecule has 0 spiro atoms. The molecule has 4 rings (SSSR count). The van der Waals surface area contributed by atoms with Crippen molar-refractivity contribution in [2.45, 2.75) is 32.6 Å². The summed E-state index contributed by atoms with van der Waals surface area (Å²) in [7, 11) is 0. The third kappa shape index (κ3) is 3.55. The van der Waals surface area contributed by atoms with Gasteiger partial charge in [0.25, 0.3) is 0 Å². The van der Waals surface area contributed by atoms with Crippen molar-refractivity contribution >= 4 is 21.5 Å². The Balaban J connectivity index is 1.87. The number of ether oxygens (including phenoxy) is 1. The lowest BCUT2D eigenvalue weighted by molar-refractivity contribution is 0.306. The van der Waals surface area contributed by atoms with Crippen LogP contribution in [0.4, 0.5) is 0 Å². The van der Waals surface area contributed by atoms with E-state index >= 15 is 0 Å². The second-order valence-electron chi connectivity index (χ2n) is 7.25. The highest BCUT2D eigenvalue weighted by Crippen LogP contribution is 2.44. The van der Waals surface area contributed by atoms with Gasteiger partial charge in [-0.1, -0.05) is 86.8 Å². The zero-order chi connectivity index (χ0) is 19.3. The molecule has 2 nitrogen and oxygen atoms in total. The van der Waals surface area contributed by atoms with Crippen LogP contribution in [-0.4, -0.2) is 11.7 Å². The smallest absolute Gasteiger partial charge is 0.127 e. The zero-order valence-electron chi connectivity index (χ0n) is 16.3. The van der Waals surface area contributed by atoms with Gasteiger partial charge in [0, 0.05) is 11.1 Å². The van der Waals surface area contributed by atoms with Gasteiger partial charge in [0.05, 0.1) is 6.61 Å². The number of unbranched alkanes of at least 4 members (excludes halogenated alkanes) is 3. The van der Waals surface area contributed by atoms with Gasteiger partial charge in [-0.05, 0) is 40.1 Å². The first-order chi connectivity index (χ1) is 13.8. The van der Waals surface area contributed by atoms with Crippen molar-refractivity contribution in [3.8, 4) is 22.6 Å². The van der Waals surface area contributed by atoms with E-state index in [-0.39, 0.29) is 5.75 Å². The maximum absolute atomic E-state index is 10.8. The minimum absolute atomic E-state index is 0.283. The summed E-state index contributed by atoms with van der Waals surface area (Å²) in [6.07, 6.45) is 4.67. The number of aromatic hydroxyl groups is 1. The summed E-state index contributed by atoms with van der Waals surface area (Å²) >= 11 is 0. The van der Waals surface area contributed by atoms with Gasteiger partial charge < -0.3 is 9.84 Å². The van der Waals surface area contributed by atoms with Gasteiger partial charge in [0.15, 0.2) is 0 Å². The normalized spacial score (nSPS) is 11.2. The first kappa shape index (κ1) is 18.4. The van der Waals surface area contributed by atoms with Crippen molar-refractivity contribution in [2.24, 2.45) is 0 Å². The Labute approximate surface area is 166 Å². The number of hydrogen-bond donors (Lipinski definition) is 1. The number of fused-ring (bicyclic) bond motifs is 2. The van der Waals surface area contributed by atoms with Crippen molar-refractivity contribution in [1.82, 2.24) is 0 Å². The number of hydrogen-bond acceptors (Lipinski definition) is 2. The zero-order valence-corrected chi connectivity index (χ0v) is 16.3. The van der Waals surface area contributed by atoms with Gasteiger partial charge in [-0.25, -0.2) is 0 Å². The SMILES string of the molecule is CCCCCCOc1ccc2ccccc2c1-c1c(O)ccc2ccccc12. The molecule has 1 N–H and O–H groups in total. The van der Waals surface area contributed by atoms with E-state index in [4.69, 9.17) is 4.74 Å². The average molecular weight is 370 g/mol. The van der Waals surface area contributed by atoms with Crippen molar-refractivity contribution in [3.63, 3.8) is 0 Å². The van der Waals surface area contributed by atoms with Crippen LogP contribution in [0.3, 0.4) is 0 Å². The Morgan fingerprint density at radius 1 is 0.679 bits per heavy atom. The monoisotopic (exact) mass is 370 g/mol. The Kier molecular flexibility index (Phi) is 5.48. The van der Waals surface area contributed by atoms with Gasteiger partial charge in [-0.3, -0.25) is 0 Å². The Morgan fingerprint density at radius 2 is 1.32 bits per heavy atom. The lowest BCUT2D eigenvalue weighted by Crippen LogP contribution is -2.00. The molecule has 0 amide bonds. The van der Waals surface area contributed by atoms with E-state index in [9.17, 15) is 5.11 Å². The third-order valence-electron chi connectivity index (χ3n) is 5.30. The molecule has 0 heterocycles. The average Bonchev–Trinajstić information content (AvgIpc) is 2.74. The molecule has 0 saturated heterocycles. The fourth-order valence-corrected chi connectivity index (χ4v) is 3.86. The van der Waals surface area contributed by atoms with E-state index in [1.54, 1.807) is 6.07 Å². The number of benzene rings is 4. The molecule has 0 aliphatic rings. The summed E-state index contributed by atoms with van der Waals surface area (Å²) in [6, 6.07) is 24.4. The Hall–Kier alpha value is -3.00. The van der Waals surface area contributed by atoms with Crippen LogP contribution in [0.2, 0.25) is 0 Å². The molecular weight excluding hydrogens is 344 g/mol. The molecule has 0 saturated carbocycles. The maximum atomic E-state index is 10.8. The van der Waals surface area contributed by atoms with E-state index < -0.39 is 0 Å². The van der Waals surface area contributed by atoms with Crippen molar-refractivity contribution in [3.05, 3.63) is 72.8 Å². The molecule has 4 aromatic rings. The summed E-state index contributed by atoms with van der Waals surface area (Å²) in [6.45, 7) is 2.91. The molecule has 28 heavy (non-hydrogen) atoms. The fraction of sp³-hybridized carbons (Fsp3) is 0.231. The fourth-order valence-electron chi connectivity index (χ4n) is 3.86. The molecule has 0 bridgehead atoms. The molecule has 142 valence electrons. The predicted octanol–water partition coefficient (Wildman–Crippen LogP) is 7.32. The van der Waals surface area contributed by atoms with Crippen LogP contribution < -0.4 is 4.74 Å². The van der Waals surface area contributed by atoms with Gasteiger partial charge in [-0.2, -0.15) is 0 Å². The largest absolute Gasteiger partial charge is 0.507 e. The summed E-state index contributed by atoms with van der Waals surface area (Å²) in [5.41, 5.74) is 1.82. The summed E-state index contributed by atoms with van der Waals surface area (Å²) in [4.78, 5) is 0. The topological polar surface area (TPSA) is 29.5 Å². The predicted molar refractivity (Wildman–Crippen MR) is 118 cm³/mol. The third-order valence-corrected chi connectivity index (χ3v) is 5.30. The molecule has 4 aromatic carbocycles. The van der Waals surface area contributed by atoms with Crippen LogP contribution in [0.15, 0.2) is 72.8 Å². The first-order valence-electron chi connectivity index (χ1n) is 10.1. The van der Waals surface area contributed by atoms with Crippen molar-refractivity contribution in [1.29, 1.82) is 0 Å². The lowest BCUT2D eigenvalue weighted by Gasteiger charge is -2.17. The molecule has 0 aromatic heterocycles. The standard InChI is InChI=1S/C26H26O2/c1-2-3-4-9-18-28-24-17-15-20-11-6-8-13-22(20)26(24)25-21-12-7-5-10-19(21)14-16-23(25)27/h5-8,10-17,27H,2-4,9,18H2,1H3. The van der Waals surface area contributed by atoms with Gasteiger partial charge in [0.2, 0.25) is 0 Å². The molecule has 0 radical (unpaired) electrons. The lowest BCUT2D eigenvalue weighted by atomic mass is 9.92. The quantitative estimate of drug-likeness (QED) is 0.345. The summed E-state index contributed by atoms with van der Waals surface area (Å²) in [5, 5.41) is 15.2. The second kappa shape index (κ2) is 8.35. The highest BCUT2D eigenvalue weighted by molar-refractivity contribution is 6.09. The Bertz CT molecular complexity index is 1100. The minimum atomic E-state index is 0.283. The van der Waals surface area contributed by atoms with E-state index in [0.717, 1.165) is 44.8 Å². The van der Waals surface area contributed by atoms with E-state index in [1.807, 2.05) is 36.4 Å². The van der Waals surface area contributed by atoms with Crippen LogP contribution >= 0.6 is 0 Å². The van der Waals surface area contributed by atoms with E-state index in [2.05, 4.69) is 37.3 Å².